The predicted molar refractivity (Wildman–Crippen MR) is 98.1 cm³/mol. The molecule has 1 aliphatic heterocycles. The van der Waals surface area contributed by atoms with Crippen molar-refractivity contribution in [1.29, 1.82) is 0 Å². The number of benzene rings is 1. The maximum Gasteiger partial charge on any atom is 0.174 e. The van der Waals surface area contributed by atoms with Crippen LogP contribution in [-0.2, 0) is 0 Å². The molecule has 2 heterocycles. The van der Waals surface area contributed by atoms with Crippen LogP contribution in [0.1, 0.15) is 52.4 Å². The molecule has 0 saturated heterocycles. The summed E-state index contributed by atoms with van der Waals surface area (Å²) in [4.78, 5) is 14.7. The summed E-state index contributed by atoms with van der Waals surface area (Å²) in [7, 11) is 0. The molecule has 0 aliphatic carbocycles. The van der Waals surface area contributed by atoms with Gasteiger partial charge in [-0.1, -0.05) is 51.7 Å². The number of nitrogens with zero attached hydrogens (tertiary/aromatic N) is 4. The van der Waals surface area contributed by atoms with Crippen LogP contribution in [-0.4, -0.2) is 29.7 Å². The third-order valence-electron chi connectivity index (χ3n) is 4.54. The van der Waals surface area contributed by atoms with E-state index in [1.54, 1.807) is 0 Å². The zero-order valence-electron chi connectivity index (χ0n) is 14.5. The highest BCUT2D eigenvalue weighted by molar-refractivity contribution is 5.82. The number of hydrogen-bond donors (Lipinski definition) is 0. The van der Waals surface area contributed by atoms with Crippen molar-refractivity contribution < 1.29 is 0 Å². The lowest BCUT2D eigenvalue weighted by Gasteiger charge is -2.20. The van der Waals surface area contributed by atoms with Crippen LogP contribution >= 0.6 is 0 Å². The van der Waals surface area contributed by atoms with Gasteiger partial charge in [-0.25, -0.2) is 9.97 Å². The smallest absolute Gasteiger partial charge is 0.174 e. The van der Waals surface area contributed by atoms with E-state index in [2.05, 4.69) is 35.8 Å². The lowest BCUT2D eigenvalue weighted by Crippen LogP contribution is -2.32. The maximum absolute atomic E-state index is 4.92. The van der Waals surface area contributed by atoms with E-state index in [1.807, 2.05) is 12.1 Å². The third-order valence-corrected chi connectivity index (χ3v) is 4.54. The van der Waals surface area contributed by atoms with Gasteiger partial charge in [0.15, 0.2) is 11.6 Å². The molecule has 1 aromatic carbocycles. The van der Waals surface area contributed by atoms with Crippen molar-refractivity contribution in [1.82, 2.24) is 9.97 Å². The average Bonchev–Trinajstić information content (AvgIpc) is 2.91. The third kappa shape index (κ3) is 3.57. The molecule has 3 rings (SSSR count). The summed E-state index contributed by atoms with van der Waals surface area (Å²) in [6, 6.07) is 8.21. The topological polar surface area (TPSA) is 32.3 Å². The van der Waals surface area contributed by atoms with E-state index in [-0.39, 0.29) is 0 Å². The molecule has 2 aromatic rings. The van der Waals surface area contributed by atoms with Gasteiger partial charge in [0.25, 0.3) is 0 Å². The van der Waals surface area contributed by atoms with Gasteiger partial charge in [-0.15, -0.1) is 0 Å². The Morgan fingerprint density at radius 2 is 1.26 bits per heavy atom. The summed E-state index contributed by atoms with van der Waals surface area (Å²) in [5, 5.41) is 0. The predicted octanol–water partition coefficient (Wildman–Crippen LogP) is 4.59. The molecule has 23 heavy (non-hydrogen) atoms. The van der Waals surface area contributed by atoms with Crippen LogP contribution in [0.4, 0.5) is 11.6 Å². The molecule has 0 saturated carbocycles. The fraction of sp³-hybridized carbons (Fsp3) is 0.579. The van der Waals surface area contributed by atoms with E-state index in [4.69, 9.17) is 9.97 Å². The lowest BCUT2D eigenvalue weighted by atomic mass is 10.2. The first-order valence-electron chi connectivity index (χ1n) is 9.10. The molecule has 0 unspecified atom stereocenters. The normalized spacial score (nSPS) is 13.8. The van der Waals surface area contributed by atoms with Crippen molar-refractivity contribution in [2.75, 3.05) is 29.6 Å². The minimum atomic E-state index is 0.944. The minimum absolute atomic E-state index is 0.944. The van der Waals surface area contributed by atoms with Gasteiger partial charge in [0, 0.05) is 13.1 Å². The zero-order valence-corrected chi connectivity index (χ0v) is 14.5. The van der Waals surface area contributed by atoms with E-state index < -0.39 is 0 Å². The highest BCUT2D eigenvalue weighted by Crippen LogP contribution is 2.34. The Labute approximate surface area is 139 Å². The van der Waals surface area contributed by atoms with Crippen LogP contribution in [0.15, 0.2) is 24.3 Å². The van der Waals surface area contributed by atoms with Crippen LogP contribution in [0.5, 0.6) is 0 Å². The highest BCUT2D eigenvalue weighted by Gasteiger charge is 2.28. The van der Waals surface area contributed by atoms with Gasteiger partial charge in [0.1, 0.15) is 0 Å². The molecule has 4 nitrogen and oxygen atoms in total. The number of para-hydroxylation sites is 2. The summed E-state index contributed by atoms with van der Waals surface area (Å²) < 4.78 is 0. The molecule has 0 amide bonds. The van der Waals surface area contributed by atoms with Gasteiger partial charge >= 0.3 is 0 Å². The van der Waals surface area contributed by atoms with Gasteiger partial charge in [-0.2, -0.15) is 0 Å². The van der Waals surface area contributed by atoms with Gasteiger partial charge < -0.3 is 9.80 Å². The second kappa shape index (κ2) is 7.62. The van der Waals surface area contributed by atoms with Crippen molar-refractivity contribution in [3.8, 4) is 0 Å². The molecule has 0 radical (unpaired) electrons. The van der Waals surface area contributed by atoms with E-state index in [9.17, 15) is 0 Å². The Morgan fingerprint density at radius 3 is 1.70 bits per heavy atom. The Morgan fingerprint density at radius 1 is 0.783 bits per heavy atom. The molecule has 0 fully saturated rings. The number of hydrogen-bond acceptors (Lipinski definition) is 4. The molecule has 1 aliphatic rings. The number of unbranched alkanes of at least 4 members (excludes halogenated alkanes) is 4. The van der Waals surface area contributed by atoms with Crippen LogP contribution in [0, 0.1) is 0 Å². The monoisotopic (exact) mass is 312 g/mol. The zero-order chi connectivity index (χ0) is 16.1. The van der Waals surface area contributed by atoms with Crippen LogP contribution < -0.4 is 9.80 Å². The Hall–Kier alpha value is -1.84. The summed E-state index contributed by atoms with van der Waals surface area (Å²) in [6.07, 6.45) is 7.53. The SMILES string of the molecule is CCCCCN1CN(CCCCC)c2nc3ccccc3nc21. The van der Waals surface area contributed by atoms with Crippen LogP contribution in [0.3, 0.4) is 0 Å². The second-order valence-corrected chi connectivity index (χ2v) is 6.44. The van der Waals surface area contributed by atoms with Crippen molar-refractivity contribution >= 4 is 22.7 Å². The largest absolute Gasteiger partial charge is 0.336 e. The number of fused-ring (bicyclic) bond motifs is 2. The summed E-state index contributed by atoms with van der Waals surface area (Å²) in [5.41, 5.74) is 2.00. The molecule has 0 N–H and O–H groups in total. The van der Waals surface area contributed by atoms with Gasteiger partial charge in [-0.3, -0.25) is 0 Å². The molecular weight excluding hydrogens is 284 g/mol. The first-order chi connectivity index (χ1) is 11.3. The first-order valence-corrected chi connectivity index (χ1v) is 9.10. The highest BCUT2D eigenvalue weighted by atomic mass is 15.4. The Kier molecular flexibility index (Phi) is 5.31. The van der Waals surface area contributed by atoms with E-state index in [0.717, 1.165) is 42.4 Å². The average molecular weight is 312 g/mol. The quantitative estimate of drug-likeness (QED) is 0.667. The van der Waals surface area contributed by atoms with Crippen molar-refractivity contribution in [3.63, 3.8) is 0 Å². The first kappa shape index (κ1) is 16.0. The standard InChI is InChI=1S/C19H28N4/c1-3-5-9-13-22-15-23(14-10-6-4-2)19-18(22)20-16-11-7-8-12-17(16)21-19/h7-8,11-12H,3-6,9-10,13-15H2,1-2H3. The van der Waals surface area contributed by atoms with E-state index in [1.165, 1.54) is 38.5 Å². The molecule has 1 aromatic heterocycles. The molecule has 124 valence electrons. The molecule has 0 atom stereocenters. The van der Waals surface area contributed by atoms with Gasteiger partial charge in [-0.05, 0) is 25.0 Å². The fourth-order valence-electron chi connectivity index (χ4n) is 3.20. The fourth-order valence-corrected chi connectivity index (χ4v) is 3.20. The maximum atomic E-state index is 4.92. The Bertz CT molecular complexity index is 586. The second-order valence-electron chi connectivity index (χ2n) is 6.44. The Balaban J connectivity index is 1.85. The molecule has 0 bridgehead atoms. The summed E-state index contributed by atoms with van der Waals surface area (Å²) in [5.74, 6) is 2.16. The van der Waals surface area contributed by atoms with Gasteiger partial charge in [0.2, 0.25) is 0 Å². The van der Waals surface area contributed by atoms with Crippen molar-refractivity contribution in [3.05, 3.63) is 24.3 Å². The molecular formula is C19H28N4. The van der Waals surface area contributed by atoms with Crippen molar-refractivity contribution in [2.24, 2.45) is 0 Å². The molecule has 0 spiro atoms. The minimum Gasteiger partial charge on any atom is -0.336 e. The molecule has 4 heteroatoms. The summed E-state index contributed by atoms with van der Waals surface area (Å²) in [6.45, 7) is 7.61. The van der Waals surface area contributed by atoms with Crippen LogP contribution in [0.2, 0.25) is 0 Å². The number of rotatable bonds is 8. The lowest BCUT2D eigenvalue weighted by molar-refractivity contribution is 0.648. The number of aromatic nitrogens is 2. The van der Waals surface area contributed by atoms with E-state index >= 15 is 0 Å². The summed E-state index contributed by atoms with van der Waals surface area (Å²) >= 11 is 0. The van der Waals surface area contributed by atoms with E-state index in [0.29, 0.717) is 0 Å². The number of anilines is 2. The van der Waals surface area contributed by atoms with Crippen LogP contribution in [0.25, 0.3) is 11.0 Å². The van der Waals surface area contributed by atoms with Gasteiger partial charge in [0.05, 0.1) is 17.7 Å². The van der Waals surface area contributed by atoms with Crippen molar-refractivity contribution in [2.45, 2.75) is 52.4 Å².